The molecule has 106 valence electrons. The molecule has 1 saturated heterocycles. The van der Waals surface area contributed by atoms with Crippen molar-refractivity contribution < 1.29 is 18.3 Å². The van der Waals surface area contributed by atoms with Gasteiger partial charge in [-0.25, -0.2) is 4.39 Å². The van der Waals surface area contributed by atoms with Gasteiger partial charge in [-0.2, -0.15) is 4.39 Å². The molecule has 1 heterocycles. The SMILES string of the molecule is COc1c([C@H]2CO[C@H](C(C)C)[C@@H]2C)ccc(F)c1F. The molecule has 0 bridgehead atoms. The molecule has 0 N–H and O–H groups in total. The fraction of sp³-hybridized carbons (Fsp3) is 0.600. The fourth-order valence-corrected chi connectivity index (χ4v) is 2.97. The van der Waals surface area contributed by atoms with E-state index in [1.54, 1.807) is 6.07 Å². The number of halogens is 2. The van der Waals surface area contributed by atoms with Gasteiger partial charge in [0.15, 0.2) is 11.6 Å². The van der Waals surface area contributed by atoms with Crippen molar-refractivity contribution in [2.24, 2.45) is 11.8 Å². The molecule has 0 aliphatic carbocycles. The monoisotopic (exact) mass is 270 g/mol. The van der Waals surface area contributed by atoms with Crippen molar-refractivity contribution in [3.63, 3.8) is 0 Å². The van der Waals surface area contributed by atoms with Crippen molar-refractivity contribution in [2.75, 3.05) is 13.7 Å². The van der Waals surface area contributed by atoms with Gasteiger partial charge in [0.1, 0.15) is 0 Å². The second kappa shape index (κ2) is 5.45. The Labute approximate surface area is 112 Å². The van der Waals surface area contributed by atoms with E-state index in [0.29, 0.717) is 18.1 Å². The predicted molar refractivity (Wildman–Crippen MR) is 69.4 cm³/mol. The lowest BCUT2D eigenvalue weighted by atomic mass is 9.83. The molecule has 1 aliphatic heterocycles. The lowest BCUT2D eigenvalue weighted by Gasteiger charge is -2.22. The van der Waals surface area contributed by atoms with Crippen LogP contribution in [0.1, 0.15) is 32.3 Å². The van der Waals surface area contributed by atoms with Crippen LogP contribution in [0.5, 0.6) is 5.75 Å². The molecule has 0 spiro atoms. The topological polar surface area (TPSA) is 18.5 Å². The molecule has 0 amide bonds. The summed E-state index contributed by atoms with van der Waals surface area (Å²) in [5, 5.41) is 0. The summed E-state index contributed by atoms with van der Waals surface area (Å²) in [5.41, 5.74) is 0.692. The summed E-state index contributed by atoms with van der Waals surface area (Å²) < 4.78 is 37.8. The Kier molecular flexibility index (Phi) is 4.09. The molecule has 4 heteroatoms. The van der Waals surface area contributed by atoms with Gasteiger partial charge >= 0.3 is 0 Å². The van der Waals surface area contributed by atoms with Crippen molar-refractivity contribution in [2.45, 2.75) is 32.8 Å². The molecule has 2 nitrogen and oxygen atoms in total. The summed E-state index contributed by atoms with van der Waals surface area (Å²) in [4.78, 5) is 0. The maximum atomic E-state index is 13.8. The van der Waals surface area contributed by atoms with E-state index in [4.69, 9.17) is 9.47 Å². The average Bonchev–Trinajstić information content (AvgIpc) is 2.74. The van der Waals surface area contributed by atoms with E-state index in [-0.39, 0.29) is 23.7 Å². The summed E-state index contributed by atoms with van der Waals surface area (Å²) in [6, 6.07) is 2.76. The normalized spacial score (nSPS) is 27.0. The van der Waals surface area contributed by atoms with Gasteiger partial charge in [0.25, 0.3) is 0 Å². The highest BCUT2D eigenvalue weighted by Crippen LogP contribution is 2.42. The number of hydrogen-bond acceptors (Lipinski definition) is 2. The standard InChI is InChI=1S/C15H20F2O2/c1-8(2)14-9(3)11(7-19-14)10-5-6-12(16)13(17)15(10)18-4/h5-6,8-9,11,14H,7H2,1-4H3/t9-,11+,14-/m1/s1. The quantitative estimate of drug-likeness (QED) is 0.833. The molecule has 0 radical (unpaired) electrons. The van der Waals surface area contributed by atoms with Crippen LogP contribution in [-0.4, -0.2) is 19.8 Å². The molecule has 0 aromatic heterocycles. The van der Waals surface area contributed by atoms with E-state index in [2.05, 4.69) is 20.8 Å². The lowest BCUT2D eigenvalue weighted by molar-refractivity contribution is 0.0576. The van der Waals surface area contributed by atoms with Crippen LogP contribution in [0.25, 0.3) is 0 Å². The third kappa shape index (κ3) is 2.46. The van der Waals surface area contributed by atoms with E-state index in [9.17, 15) is 8.78 Å². The molecule has 2 rings (SSSR count). The minimum Gasteiger partial charge on any atom is -0.493 e. The smallest absolute Gasteiger partial charge is 0.200 e. The zero-order chi connectivity index (χ0) is 14.2. The van der Waals surface area contributed by atoms with Crippen molar-refractivity contribution in [1.29, 1.82) is 0 Å². The van der Waals surface area contributed by atoms with E-state index in [1.165, 1.54) is 7.11 Å². The molecule has 1 fully saturated rings. The van der Waals surface area contributed by atoms with E-state index >= 15 is 0 Å². The molecule has 1 aliphatic rings. The molecule has 0 unspecified atom stereocenters. The fourth-order valence-electron chi connectivity index (χ4n) is 2.97. The minimum atomic E-state index is -0.916. The summed E-state index contributed by atoms with van der Waals surface area (Å²) in [6.45, 7) is 6.81. The van der Waals surface area contributed by atoms with Crippen LogP contribution < -0.4 is 4.74 Å². The first-order valence-corrected chi connectivity index (χ1v) is 6.60. The third-order valence-corrected chi connectivity index (χ3v) is 3.96. The number of hydrogen-bond donors (Lipinski definition) is 0. The Morgan fingerprint density at radius 2 is 2.00 bits per heavy atom. The Morgan fingerprint density at radius 3 is 2.53 bits per heavy atom. The van der Waals surface area contributed by atoms with Gasteiger partial charge in [0, 0.05) is 11.5 Å². The molecule has 1 aromatic rings. The maximum Gasteiger partial charge on any atom is 0.200 e. The Hall–Kier alpha value is -1.16. The van der Waals surface area contributed by atoms with E-state index in [0.717, 1.165) is 6.07 Å². The first-order chi connectivity index (χ1) is 8.97. The Balaban J connectivity index is 2.36. The molecule has 3 atom stereocenters. The Morgan fingerprint density at radius 1 is 1.32 bits per heavy atom. The van der Waals surface area contributed by atoms with Gasteiger partial charge in [0.2, 0.25) is 5.82 Å². The van der Waals surface area contributed by atoms with Crippen LogP contribution in [0.15, 0.2) is 12.1 Å². The summed E-state index contributed by atoms with van der Waals surface area (Å²) >= 11 is 0. The average molecular weight is 270 g/mol. The van der Waals surface area contributed by atoms with Crippen molar-refractivity contribution >= 4 is 0 Å². The van der Waals surface area contributed by atoms with E-state index in [1.807, 2.05) is 0 Å². The second-order valence-electron chi connectivity index (χ2n) is 5.49. The molecule has 19 heavy (non-hydrogen) atoms. The predicted octanol–water partition coefficient (Wildman–Crippen LogP) is 3.75. The largest absolute Gasteiger partial charge is 0.493 e. The van der Waals surface area contributed by atoms with Crippen LogP contribution in [0.3, 0.4) is 0 Å². The lowest BCUT2D eigenvalue weighted by Crippen LogP contribution is -2.22. The first-order valence-electron chi connectivity index (χ1n) is 6.60. The van der Waals surface area contributed by atoms with Gasteiger partial charge in [-0.15, -0.1) is 0 Å². The van der Waals surface area contributed by atoms with Gasteiger partial charge in [-0.05, 0) is 17.9 Å². The number of ether oxygens (including phenoxy) is 2. The summed E-state index contributed by atoms with van der Waals surface area (Å²) in [7, 11) is 1.36. The van der Waals surface area contributed by atoms with Crippen molar-refractivity contribution in [3.05, 3.63) is 29.3 Å². The van der Waals surface area contributed by atoms with Gasteiger partial charge < -0.3 is 9.47 Å². The van der Waals surface area contributed by atoms with Gasteiger partial charge in [-0.3, -0.25) is 0 Å². The first kappa shape index (κ1) is 14.3. The highest BCUT2D eigenvalue weighted by Gasteiger charge is 2.38. The molecular formula is C15H20F2O2. The zero-order valence-corrected chi connectivity index (χ0v) is 11.7. The molecule has 1 aromatic carbocycles. The molecular weight excluding hydrogens is 250 g/mol. The van der Waals surface area contributed by atoms with Crippen molar-refractivity contribution in [1.82, 2.24) is 0 Å². The Bertz CT molecular complexity index is 460. The highest BCUT2D eigenvalue weighted by molar-refractivity contribution is 5.39. The maximum absolute atomic E-state index is 13.8. The third-order valence-electron chi connectivity index (χ3n) is 3.96. The van der Waals surface area contributed by atoms with Gasteiger partial charge in [0.05, 0.1) is 19.8 Å². The number of methoxy groups -OCH3 is 1. The van der Waals surface area contributed by atoms with Crippen LogP contribution in [0.2, 0.25) is 0 Å². The number of rotatable bonds is 3. The van der Waals surface area contributed by atoms with Gasteiger partial charge in [-0.1, -0.05) is 26.8 Å². The van der Waals surface area contributed by atoms with Crippen LogP contribution in [0, 0.1) is 23.5 Å². The number of benzene rings is 1. The van der Waals surface area contributed by atoms with Crippen molar-refractivity contribution in [3.8, 4) is 5.75 Å². The van der Waals surface area contributed by atoms with Crippen LogP contribution >= 0.6 is 0 Å². The minimum absolute atomic E-state index is 0.00450. The highest BCUT2D eigenvalue weighted by atomic mass is 19.2. The second-order valence-corrected chi connectivity index (χ2v) is 5.49. The summed E-state index contributed by atoms with van der Waals surface area (Å²) in [6.07, 6.45) is 0.142. The molecule has 0 saturated carbocycles. The van der Waals surface area contributed by atoms with Crippen LogP contribution in [0.4, 0.5) is 8.78 Å². The summed E-state index contributed by atoms with van der Waals surface area (Å²) in [5.74, 6) is -1.11. The zero-order valence-electron chi connectivity index (χ0n) is 11.7. The van der Waals surface area contributed by atoms with Crippen LogP contribution in [-0.2, 0) is 4.74 Å². The van der Waals surface area contributed by atoms with E-state index < -0.39 is 11.6 Å².